The van der Waals surface area contributed by atoms with Gasteiger partial charge in [-0.05, 0) is 53.2 Å². The summed E-state index contributed by atoms with van der Waals surface area (Å²) < 4.78 is 12.0. The Balaban J connectivity index is 0.000000159. The van der Waals surface area contributed by atoms with Gasteiger partial charge in [-0.2, -0.15) is 0 Å². The summed E-state index contributed by atoms with van der Waals surface area (Å²) in [7, 11) is 0. The number of aromatic nitrogens is 2. The first kappa shape index (κ1) is 31.3. The third kappa shape index (κ3) is 5.84. The zero-order valence-corrected chi connectivity index (χ0v) is 28.8. The number of benzene rings is 5. The van der Waals surface area contributed by atoms with Gasteiger partial charge in [0, 0.05) is 49.2 Å². The van der Waals surface area contributed by atoms with E-state index in [2.05, 4.69) is 109 Å². The van der Waals surface area contributed by atoms with Crippen LogP contribution < -0.4 is 0 Å². The number of rotatable bonds is 4. The molecule has 0 saturated heterocycles. The van der Waals surface area contributed by atoms with Crippen LogP contribution in [0.1, 0.15) is 29.5 Å². The molecule has 0 N–H and O–H groups in total. The quantitative estimate of drug-likeness (QED) is 0.166. The number of nitrogens with zero attached hydrogens (tertiary/aromatic N) is 2. The van der Waals surface area contributed by atoms with Crippen LogP contribution >= 0.6 is 0 Å². The van der Waals surface area contributed by atoms with Crippen LogP contribution in [0.4, 0.5) is 0 Å². The summed E-state index contributed by atoms with van der Waals surface area (Å²) in [5.41, 5.74) is 11.0. The minimum Gasteiger partial charge on any atom is -0.501 e. The summed E-state index contributed by atoms with van der Waals surface area (Å²) in [6.45, 7) is 4.30. The number of fused-ring (bicyclic) bond motifs is 6. The van der Waals surface area contributed by atoms with Crippen LogP contribution in [0.25, 0.3) is 66.4 Å². The van der Waals surface area contributed by atoms with Gasteiger partial charge in [-0.15, -0.1) is 42.0 Å². The van der Waals surface area contributed by atoms with Gasteiger partial charge in [0.25, 0.3) is 0 Å². The molecule has 0 fully saturated rings. The van der Waals surface area contributed by atoms with E-state index in [1.165, 1.54) is 11.1 Å². The largest absolute Gasteiger partial charge is 0.501 e. The topological polar surface area (TPSA) is 52.1 Å². The molecule has 4 nitrogen and oxygen atoms in total. The first-order valence-electron chi connectivity index (χ1n) is 15.7. The van der Waals surface area contributed by atoms with Crippen molar-refractivity contribution in [1.29, 1.82) is 0 Å². The van der Waals surface area contributed by atoms with E-state index in [1.54, 1.807) is 6.20 Å². The maximum atomic E-state index is 6.04. The average molecular weight is 799 g/mol. The van der Waals surface area contributed by atoms with Crippen LogP contribution in [0.5, 0.6) is 0 Å². The van der Waals surface area contributed by atoms with Crippen LogP contribution in [-0.2, 0) is 20.1 Å². The summed E-state index contributed by atoms with van der Waals surface area (Å²) in [6, 6.07) is 49.6. The Morgan fingerprint density at radius 1 is 0.583 bits per heavy atom. The molecule has 1 unspecified atom stereocenters. The van der Waals surface area contributed by atoms with Gasteiger partial charge >= 0.3 is 0 Å². The van der Waals surface area contributed by atoms with Crippen LogP contribution in [0, 0.1) is 19.1 Å². The van der Waals surface area contributed by atoms with E-state index in [1.807, 2.05) is 60.8 Å². The van der Waals surface area contributed by atoms with E-state index < -0.39 is 0 Å². The van der Waals surface area contributed by atoms with Gasteiger partial charge in [0.2, 0.25) is 0 Å². The van der Waals surface area contributed by atoms with E-state index in [0.29, 0.717) is 5.92 Å². The molecule has 0 spiro atoms. The molecule has 9 rings (SSSR count). The third-order valence-corrected chi connectivity index (χ3v) is 8.75. The Bertz CT molecular complexity index is 2500. The van der Waals surface area contributed by atoms with Gasteiger partial charge in [0.1, 0.15) is 11.2 Å². The van der Waals surface area contributed by atoms with Crippen molar-refractivity contribution in [1.82, 2.24) is 9.97 Å². The maximum absolute atomic E-state index is 6.04. The van der Waals surface area contributed by atoms with Crippen molar-refractivity contribution in [2.75, 3.05) is 0 Å². The number of aryl methyl sites for hydroxylation is 1. The van der Waals surface area contributed by atoms with Gasteiger partial charge in [-0.1, -0.05) is 108 Å². The smallest absolute Gasteiger partial charge is 0.123 e. The van der Waals surface area contributed by atoms with Crippen LogP contribution in [0.2, 0.25) is 0 Å². The molecule has 1 atom stereocenters. The van der Waals surface area contributed by atoms with Crippen LogP contribution in [-0.4, -0.2) is 9.97 Å². The zero-order valence-electron chi connectivity index (χ0n) is 26.4. The first-order chi connectivity index (χ1) is 23.1. The second-order valence-corrected chi connectivity index (χ2v) is 11.7. The molecule has 48 heavy (non-hydrogen) atoms. The number of furan rings is 2. The standard InChI is InChI=1S/C26H20NO.C17H10NO.Ir/c1-17-7-6-10-22-23-15-21(11-12-25(23)28-26(17)22)24-16-20(13-14-27-24)18(2)19-8-4-3-5-9-19;1-2-10-16-12(6-1)13-7-5-8-14(17(13)19-16)15-9-3-4-11-18-15;/h3-10,12-16,18H,1-2H3;1-7,9-11H;/q2*-1;. The van der Waals surface area contributed by atoms with Gasteiger partial charge < -0.3 is 18.8 Å². The van der Waals surface area contributed by atoms with Gasteiger partial charge in [0.15, 0.2) is 0 Å². The predicted octanol–water partition coefficient (Wildman–Crippen LogP) is 11.4. The van der Waals surface area contributed by atoms with Crippen LogP contribution in [0.3, 0.4) is 0 Å². The van der Waals surface area contributed by atoms with E-state index >= 15 is 0 Å². The summed E-state index contributed by atoms with van der Waals surface area (Å²) >= 11 is 0. The van der Waals surface area contributed by atoms with E-state index in [0.717, 1.165) is 72.0 Å². The van der Waals surface area contributed by atoms with Crippen molar-refractivity contribution in [3.05, 3.63) is 169 Å². The predicted molar refractivity (Wildman–Crippen MR) is 190 cm³/mol. The second kappa shape index (κ2) is 13.4. The Kier molecular flexibility index (Phi) is 8.73. The zero-order chi connectivity index (χ0) is 31.7. The molecule has 5 aromatic carbocycles. The molecule has 4 aromatic heterocycles. The fourth-order valence-electron chi connectivity index (χ4n) is 6.22. The minimum atomic E-state index is 0. The van der Waals surface area contributed by atoms with Crippen molar-refractivity contribution in [2.45, 2.75) is 19.8 Å². The molecule has 235 valence electrons. The molecule has 1 radical (unpaired) electrons. The van der Waals surface area contributed by atoms with Crippen molar-refractivity contribution >= 4 is 43.9 Å². The van der Waals surface area contributed by atoms with Crippen LogP contribution in [0.15, 0.2) is 149 Å². The molecule has 0 aliphatic heterocycles. The molecule has 4 heterocycles. The van der Waals surface area contributed by atoms with E-state index in [4.69, 9.17) is 8.83 Å². The summed E-state index contributed by atoms with van der Waals surface area (Å²) in [6.07, 6.45) is 3.67. The second-order valence-electron chi connectivity index (χ2n) is 11.7. The fraction of sp³-hybridized carbons (Fsp3) is 0.0698. The van der Waals surface area contributed by atoms with Crippen molar-refractivity contribution in [3.63, 3.8) is 0 Å². The average Bonchev–Trinajstić information content (AvgIpc) is 3.71. The minimum absolute atomic E-state index is 0. The Morgan fingerprint density at radius 2 is 1.33 bits per heavy atom. The van der Waals surface area contributed by atoms with Crippen molar-refractivity contribution in [2.24, 2.45) is 0 Å². The Hall–Kier alpha value is -5.35. The Morgan fingerprint density at radius 3 is 2.19 bits per heavy atom. The maximum Gasteiger partial charge on any atom is 0.123 e. The van der Waals surface area contributed by atoms with E-state index in [-0.39, 0.29) is 20.1 Å². The third-order valence-electron chi connectivity index (χ3n) is 8.75. The molecule has 0 amide bonds. The molecule has 0 saturated carbocycles. The Labute approximate surface area is 292 Å². The molecule has 0 aliphatic carbocycles. The van der Waals surface area contributed by atoms with Gasteiger partial charge in [-0.3, -0.25) is 0 Å². The van der Waals surface area contributed by atoms with Crippen molar-refractivity contribution < 1.29 is 28.9 Å². The number of hydrogen-bond donors (Lipinski definition) is 0. The normalized spacial score (nSPS) is 11.7. The number of pyridine rings is 2. The SMILES string of the molecule is Cc1cccc2c1oc1c[c-]c(-c3cc(C(C)c4ccccc4)ccn3)cc12.[Ir].[c-]1ccc2c(oc3ccccc32)c1-c1ccccn1. The van der Waals surface area contributed by atoms with Crippen molar-refractivity contribution in [3.8, 4) is 22.5 Å². The molecular formula is C43H30IrN2O2-2. The molecule has 5 heteroatoms. The summed E-state index contributed by atoms with van der Waals surface area (Å²) in [5, 5.41) is 4.48. The van der Waals surface area contributed by atoms with Gasteiger partial charge in [0.05, 0.1) is 11.2 Å². The molecule has 0 bridgehead atoms. The first-order valence-corrected chi connectivity index (χ1v) is 15.7. The van der Waals surface area contributed by atoms with E-state index in [9.17, 15) is 0 Å². The summed E-state index contributed by atoms with van der Waals surface area (Å²) in [4.78, 5) is 8.99. The molecule has 9 aromatic rings. The number of hydrogen-bond acceptors (Lipinski definition) is 4. The monoisotopic (exact) mass is 799 g/mol. The fourth-order valence-corrected chi connectivity index (χ4v) is 6.22. The molecule has 0 aliphatic rings. The van der Waals surface area contributed by atoms with Gasteiger partial charge in [-0.25, -0.2) is 0 Å². The molecular weight excluding hydrogens is 769 g/mol. The summed E-state index contributed by atoms with van der Waals surface area (Å²) in [5.74, 6) is 0.309. The number of para-hydroxylation sites is 2.